The summed E-state index contributed by atoms with van der Waals surface area (Å²) in [7, 11) is 1.75. The minimum Gasteiger partial charge on any atom is -0.496 e. The zero-order valence-corrected chi connectivity index (χ0v) is 13.0. The van der Waals surface area contributed by atoms with Gasteiger partial charge in [-0.1, -0.05) is 22.9 Å². The van der Waals surface area contributed by atoms with Gasteiger partial charge >= 0.3 is 0 Å². The van der Waals surface area contributed by atoms with Gasteiger partial charge in [-0.2, -0.15) is 0 Å². The molecule has 0 spiro atoms. The van der Waals surface area contributed by atoms with Crippen LogP contribution in [0.5, 0.6) is 5.75 Å². The topological polar surface area (TPSA) is 12.5 Å². The Morgan fingerprint density at radius 1 is 1.33 bits per heavy atom. The third kappa shape index (κ3) is 3.27. The lowest BCUT2D eigenvalue weighted by Crippen LogP contribution is -2.40. The maximum Gasteiger partial charge on any atom is 0.123 e. The van der Waals surface area contributed by atoms with Gasteiger partial charge in [0.2, 0.25) is 0 Å². The van der Waals surface area contributed by atoms with E-state index in [2.05, 4.69) is 40.7 Å². The molecule has 2 atom stereocenters. The molecular weight excluding hydrogens is 290 g/mol. The molecule has 0 amide bonds. The van der Waals surface area contributed by atoms with E-state index in [0.717, 1.165) is 22.7 Å². The molecule has 2 nitrogen and oxygen atoms in total. The number of hydrogen-bond acceptors (Lipinski definition) is 2. The smallest absolute Gasteiger partial charge is 0.123 e. The number of ether oxygens (including phenoxy) is 1. The molecule has 0 aliphatic carbocycles. The molecule has 1 aliphatic heterocycles. The van der Waals surface area contributed by atoms with Crippen molar-refractivity contribution < 1.29 is 4.74 Å². The van der Waals surface area contributed by atoms with Crippen molar-refractivity contribution in [3.8, 4) is 5.75 Å². The summed E-state index contributed by atoms with van der Waals surface area (Å²) in [5.41, 5.74) is 1.27. The molecule has 1 heterocycles. The van der Waals surface area contributed by atoms with E-state index in [9.17, 15) is 0 Å². The van der Waals surface area contributed by atoms with Crippen LogP contribution in [0, 0.1) is 5.92 Å². The Labute approximate surface area is 118 Å². The van der Waals surface area contributed by atoms with Crippen molar-refractivity contribution in [3.63, 3.8) is 0 Å². The third-order valence-corrected chi connectivity index (χ3v) is 4.36. The Balaban J connectivity index is 2.14. The van der Waals surface area contributed by atoms with E-state index in [1.165, 1.54) is 24.9 Å². The molecule has 2 rings (SSSR count). The highest BCUT2D eigenvalue weighted by molar-refractivity contribution is 9.10. The number of benzene rings is 1. The van der Waals surface area contributed by atoms with E-state index in [4.69, 9.17) is 4.74 Å². The fraction of sp³-hybridized carbons (Fsp3) is 0.600. The molecule has 1 aliphatic rings. The fourth-order valence-corrected chi connectivity index (χ4v) is 3.10. The Morgan fingerprint density at radius 3 is 2.83 bits per heavy atom. The lowest BCUT2D eigenvalue weighted by atomic mass is 9.94. The zero-order chi connectivity index (χ0) is 13.1. The van der Waals surface area contributed by atoms with Crippen molar-refractivity contribution in [1.29, 1.82) is 0 Å². The molecule has 2 unspecified atom stereocenters. The van der Waals surface area contributed by atoms with Crippen LogP contribution in [0.15, 0.2) is 22.7 Å². The van der Waals surface area contributed by atoms with Crippen molar-refractivity contribution in [2.75, 3.05) is 13.7 Å². The first-order chi connectivity index (χ1) is 8.60. The maximum atomic E-state index is 5.46. The molecule has 0 saturated carbocycles. The number of halogens is 1. The van der Waals surface area contributed by atoms with Gasteiger partial charge in [-0.15, -0.1) is 0 Å². The molecule has 0 aromatic heterocycles. The van der Waals surface area contributed by atoms with Crippen LogP contribution >= 0.6 is 15.9 Å². The van der Waals surface area contributed by atoms with Crippen molar-refractivity contribution in [2.24, 2.45) is 5.92 Å². The normalized spacial score (nSPS) is 25.1. The molecule has 1 fully saturated rings. The molecule has 18 heavy (non-hydrogen) atoms. The van der Waals surface area contributed by atoms with Gasteiger partial charge < -0.3 is 4.74 Å². The van der Waals surface area contributed by atoms with Crippen LogP contribution in [0.3, 0.4) is 0 Å². The highest BCUT2D eigenvalue weighted by atomic mass is 79.9. The van der Waals surface area contributed by atoms with E-state index in [1.807, 2.05) is 12.1 Å². The summed E-state index contributed by atoms with van der Waals surface area (Å²) >= 11 is 3.54. The highest BCUT2D eigenvalue weighted by Crippen LogP contribution is 2.28. The first kappa shape index (κ1) is 13.9. The molecule has 0 bridgehead atoms. The molecular formula is C15H22BrNO. The molecule has 100 valence electrons. The van der Waals surface area contributed by atoms with Gasteiger partial charge in [0.25, 0.3) is 0 Å². The van der Waals surface area contributed by atoms with E-state index in [-0.39, 0.29) is 0 Å². The minimum atomic E-state index is 0.671. The van der Waals surface area contributed by atoms with E-state index < -0.39 is 0 Å². The average molecular weight is 312 g/mol. The third-order valence-electron chi connectivity index (χ3n) is 3.86. The second-order valence-electron chi connectivity index (χ2n) is 5.42. The SMILES string of the molecule is COc1ccc(Br)cc1CN1CC(C)CCC1C. The van der Waals surface area contributed by atoms with Crippen LogP contribution in [0.1, 0.15) is 32.3 Å². The quantitative estimate of drug-likeness (QED) is 0.834. The summed E-state index contributed by atoms with van der Waals surface area (Å²) in [6, 6.07) is 6.91. The van der Waals surface area contributed by atoms with Gasteiger partial charge in [-0.3, -0.25) is 4.90 Å². The van der Waals surface area contributed by atoms with Gasteiger partial charge in [0.05, 0.1) is 7.11 Å². The number of methoxy groups -OCH3 is 1. The summed E-state index contributed by atoms with van der Waals surface area (Å²) in [5, 5.41) is 0. The Hall–Kier alpha value is -0.540. The number of rotatable bonds is 3. The van der Waals surface area contributed by atoms with Crippen molar-refractivity contribution in [3.05, 3.63) is 28.2 Å². The maximum absolute atomic E-state index is 5.46. The molecule has 1 saturated heterocycles. The molecule has 1 aromatic rings. The predicted molar refractivity (Wildman–Crippen MR) is 79.0 cm³/mol. The van der Waals surface area contributed by atoms with Crippen molar-refractivity contribution in [1.82, 2.24) is 4.90 Å². The predicted octanol–water partition coefficient (Wildman–Crippen LogP) is 4.08. The standard InChI is InChI=1S/C15H22BrNO/c1-11-4-5-12(2)17(9-11)10-13-8-14(16)6-7-15(13)18-3/h6-8,11-12H,4-5,9-10H2,1-3H3. The summed E-state index contributed by atoms with van der Waals surface area (Å²) in [5.74, 6) is 1.79. The summed E-state index contributed by atoms with van der Waals surface area (Å²) in [6.45, 7) is 6.85. The summed E-state index contributed by atoms with van der Waals surface area (Å²) in [4.78, 5) is 2.57. The zero-order valence-electron chi connectivity index (χ0n) is 11.4. The van der Waals surface area contributed by atoms with Crippen LogP contribution in [0.25, 0.3) is 0 Å². The Bertz CT molecular complexity index is 407. The fourth-order valence-electron chi connectivity index (χ4n) is 2.69. The molecule has 3 heteroatoms. The molecule has 0 radical (unpaired) electrons. The Kier molecular flexibility index (Phi) is 4.68. The monoisotopic (exact) mass is 311 g/mol. The van der Waals surface area contributed by atoms with Gasteiger partial charge in [-0.05, 0) is 43.9 Å². The largest absolute Gasteiger partial charge is 0.496 e. The van der Waals surface area contributed by atoms with Crippen LogP contribution in [0.4, 0.5) is 0 Å². The van der Waals surface area contributed by atoms with Crippen molar-refractivity contribution in [2.45, 2.75) is 39.3 Å². The summed E-state index contributed by atoms with van der Waals surface area (Å²) < 4.78 is 6.58. The summed E-state index contributed by atoms with van der Waals surface area (Å²) in [6.07, 6.45) is 2.66. The second-order valence-corrected chi connectivity index (χ2v) is 6.33. The minimum absolute atomic E-state index is 0.671. The highest BCUT2D eigenvalue weighted by Gasteiger charge is 2.23. The van der Waals surface area contributed by atoms with E-state index in [1.54, 1.807) is 7.11 Å². The van der Waals surface area contributed by atoms with Crippen LogP contribution in [-0.4, -0.2) is 24.6 Å². The van der Waals surface area contributed by atoms with E-state index in [0.29, 0.717) is 6.04 Å². The molecule has 1 aromatic carbocycles. The Morgan fingerprint density at radius 2 is 2.11 bits per heavy atom. The van der Waals surface area contributed by atoms with Crippen LogP contribution in [0.2, 0.25) is 0 Å². The number of hydrogen-bond donors (Lipinski definition) is 0. The van der Waals surface area contributed by atoms with Crippen molar-refractivity contribution >= 4 is 15.9 Å². The lowest BCUT2D eigenvalue weighted by molar-refractivity contribution is 0.116. The van der Waals surface area contributed by atoms with E-state index >= 15 is 0 Å². The lowest BCUT2D eigenvalue weighted by Gasteiger charge is -2.37. The number of nitrogens with zero attached hydrogens (tertiary/aromatic N) is 1. The second kappa shape index (κ2) is 6.07. The van der Waals surface area contributed by atoms with Gasteiger partial charge in [-0.25, -0.2) is 0 Å². The average Bonchev–Trinajstić information content (AvgIpc) is 2.34. The first-order valence-corrected chi connectivity index (χ1v) is 7.46. The first-order valence-electron chi connectivity index (χ1n) is 6.66. The van der Waals surface area contributed by atoms with Crippen LogP contribution < -0.4 is 4.74 Å². The van der Waals surface area contributed by atoms with Gasteiger partial charge in [0, 0.05) is 29.2 Å². The van der Waals surface area contributed by atoms with Gasteiger partial charge in [0.1, 0.15) is 5.75 Å². The number of piperidine rings is 1. The van der Waals surface area contributed by atoms with Crippen LogP contribution in [-0.2, 0) is 6.54 Å². The van der Waals surface area contributed by atoms with Gasteiger partial charge in [0.15, 0.2) is 0 Å². The number of likely N-dealkylation sites (tertiary alicyclic amines) is 1. The molecule has 0 N–H and O–H groups in total.